The molecule has 8 heteroatoms. The Morgan fingerprint density at radius 2 is 2.12 bits per heavy atom. The van der Waals surface area contributed by atoms with Crippen molar-refractivity contribution in [3.8, 4) is 6.07 Å². The Bertz CT molecular complexity index is 465. The molecule has 84 valence electrons. The molecule has 0 unspecified atom stereocenters. The molecule has 0 fully saturated rings. The second kappa shape index (κ2) is 4.14. The molecule has 1 heterocycles. The van der Waals surface area contributed by atoms with Gasteiger partial charge in [0.1, 0.15) is 0 Å². The van der Waals surface area contributed by atoms with Crippen LogP contribution in [0.3, 0.4) is 0 Å². The van der Waals surface area contributed by atoms with E-state index in [9.17, 15) is 23.3 Å². The van der Waals surface area contributed by atoms with E-state index in [1.807, 2.05) is 0 Å². The van der Waals surface area contributed by atoms with Gasteiger partial charge in [0.05, 0.1) is 23.1 Å². The molecule has 16 heavy (non-hydrogen) atoms. The summed E-state index contributed by atoms with van der Waals surface area (Å²) in [4.78, 5) is 12.2. The van der Waals surface area contributed by atoms with Crippen molar-refractivity contribution in [2.45, 2.75) is 12.6 Å². The number of alkyl halides is 3. The molecule has 0 aliphatic rings. The van der Waals surface area contributed by atoms with Crippen LogP contribution in [0.1, 0.15) is 11.4 Å². The molecule has 0 amide bonds. The second-order valence-corrected chi connectivity index (χ2v) is 2.76. The molecular formula is C8H4F3N3O2. The summed E-state index contributed by atoms with van der Waals surface area (Å²) in [6.07, 6.45) is -5.24. The minimum atomic E-state index is -4.91. The molecule has 0 atom stereocenters. The quantitative estimate of drug-likeness (QED) is 0.576. The third-order valence-electron chi connectivity index (χ3n) is 1.66. The van der Waals surface area contributed by atoms with Gasteiger partial charge in [-0.1, -0.05) is 0 Å². The van der Waals surface area contributed by atoms with Gasteiger partial charge in [-0.2, -0.15) is 18.4 Å². The number of nitriles is 1. The van der Waals surface area contributed by atoms with E-state index in [0.29, 0.717) is 6.07 Å². The zero-order chi connectivity index (χ0) is 12.3. The van der Waals surface area contributed by atoms with Gasteiger partial charge in [-0.05, 0) is 6.07 Å². The van der Waals surface area contributed by atoms with E-state index < -0.39 is 22.5 Å². The van der Waals surface area contributed by atoms with E-state index in [4.69, 9.17) is 5.26 Å². The number of nitrogens with zero attached hydrogens (tertiary/aromatic N) is 3. The van der Waals surface area contributed by atoms with Crippen molar-refractivity contribution in [2.75, 3.05) is 0 Å². The fourth-order valence-corrected chi connectivity index (χ4v) is 1.03. The second-order valence-electron chi connectivity index (χ2n) is 2.76. The average Bonchev–Trinajstić information content (AvgIpc) is 2.16. The first-order valence-electron chi connectivity index (χ1n) is 3.94. The third-order valence-corrected chi connectivity index (χ3v) is 1.66. The van der Waals surface area contributed by atoms with E-state index in [1.165, 1.54) is 0 Å². The first kappa shape index (κ1) is 11.9. The van der Waals surface area contributed by atoms with Crippen LogP contribution in [0, 0.1) is 21.4 Å². The van der Waals surface area contributed by atoms with Crippen LogP contribution in [0.5, 0.6) is 0 Å². The molecule has 1 aromatic rings. The van der Waals surface area contributed by atoms with Crippen LogP contribution >= 0.6 is 0 Å². The Balaban J connectivity index is 3.34. The molecule has 0 bridgehead atoms. The molecular weight excluding hydrogens is 227 g/mol. The fourth-order valence-electron chi connectivity index (χ4n) is 1.03. The van der Waals surface area contributed by atoms with Crippen molar-refractivity contribution in [3.63, 3.8) is 0 Å². The van der Waals surface area contributed by atoms with Gasteiger partial charge in [-0.3, -0.25) is 10.1 Å². The predicted molar refractivity (Wildman–Crippen MR) is 45.2 cm³/mol. The van der Waals surface area contributed by atoms with Gasteiger partial charge in [0.25, 0.3) is 5.69 Å². The van der Waals surface area contributed by atoms with Crippen molar-refractivity contribution in [1.82, 2.24) is 4.98 Å². The van der Waals surface area contributed by atoms with E-state index in [2.05, 4.69) is 4.98 Å². The molecule has 0 aliphatic heterocycles. The highest BCUT2D eigenvalue weighted by Gasteiger charge is 2.40. The van der Waals surface area contributed by atoms with Crippen LogP contribution in [0.25, 0.3) is 0 Å². The van der Waals surface area contributed by atoms with Gasteiger partial charge in [-0.15, -0.1) is 0 Å². The van der Waals surface area contributed by atoms with Crippen molar-refractivity contribution >= 4 is 5.69 Å². The number of halogens is 3. The van der Waals surface area contributed by atoms with Gasteiger partial charge in [-0.25, -0.2) is 4.98 Å². The maximum atomic E-state index is 12.4. The number of rotatable bonds is 2. The fraction of sp³-hybridized carbons (Fsp3) is 0.250. The summed E-state index contributed by atoms with van der Waals surface area (Å²) in [5.41, 5.74) is -2.85. The van der Waals surface area contributed by atoms with Gasteiger partial charge >= 0.3 is 6.18 Å². The SMILES string of the molecule is N#CCc1ccc([N+](=O)[O-])c(C(F)(F)F)n1. The minimum absolute atomic E-state index is 0.152. The molecule has 0 saturated carbocycles. The summed E-state index contributed by atoms with van der Waals surface area (Å²) in [6, 6.07) is 3.33. The Morgan fingerprint density at radius 1 is 1.50 bits per heavy atom. The molecule has 1 rings (SSSR count). The monoisotopic (exact) mass is 231 g/mol. The average molecular weight is 231 g/mol. The standard InChI is InChI=1S/C8H4F3N3O2/c9-8(10,11)7-6(14(15)16)2-1-5(13-7)3-4-12/h1-2H,3H2. The van der Waals surface area contributed by atoms with Crippen LogP contribution in [-0.2, 0) is 12.6 Å². The first-order chi connectivity index (χ1) is 7.36. The van der Waals surface area contributed by atoms with Crippen LogP contribution in [0.2, 0.25) is 0 Å². The summed E-state index contributed by atoms with van der Waals surface area (Å²) >= 11 is 0. The summed E-state index contributed by atoms with van der Waals surface area (Å²) in [5, 5.41) is 18.6. The van der Waals surface area contributed by atoms with Gasteiger partial charge in [0, 0.05) is 6.07 Å². The van der Waals surface area contributed by atoms with Crippen LogP contribution < -0.4 is 0 Å². The number of nitro groups is 1. The summed E-state index contributed by atoms with van der Waals surface area (Å²) in [7, 11) is 0. The normalized spacial score (nSPS) is 10.9. The van der Waals surface area contributed by atoms with Crippen LogP contribution in [-0.4, -0.2) is 9.91 Å². The Kier molecular flexibility index (Phi) is 3.08. The summed E-state index contributed by atoms with van der Waals surface area (Å²) in [6.45, 7) is 0. The van der Waals surface area contributed by atoms with Crippen molar-refractivity contribution in [3.05, 3.63) is 33.6 Å². The largest absolute Gasteiger partial charge is 0.440 e. The molecule has 0 spiro atoms. The first-order valence-corrected chi connectivity index (χ1v) is 3.94. The third kappa shape index (κ3) is 2.44. The van der Waals surface area contributed by atoms with E-state index >= 15 is 0 Å². The molecule has 0 radical (unpaired) electrons. The van der Waals surface area contributed by atoms with Gasteiger partial charge in [0.15, 0.2) is 0 Å². The lowest BCUT2D eigenvalue weighted by Crippen LogP contribution is -2.12. The highest BCUT2D eigenvalue weighted by molar-refractivity contribution is 5.38. The van der Waals surface area contributed by atoms with Crippen molar-refractivity contribution in [1.29, 1.82) is 5.26 Å². The van der Waals surface area contributed by atoms with Gasteiger partial charge < -0.3 is 0 Å². The number of pyridine rings is 1. The maximum Gasteiger partial charge on any atom is 0.440 e. The Hall–Kier alpha value is -2.17. The Morgan fingerprint density at radius 3 is 2.56 bits per heavy atom. The molecule has 0 saturated heterocycles. The van der Waals surface area contributed by atoms with Crippen molar-refractivity contribution in [2.24, 2.45) is 0 Å². The maximum absolute atomic E-state index is 12.4. The summed E-state index contributed by atoms with van der Waals surface area (Å²) < 4.78 is 37.1. The smallest absolute Gasteiger partial charge is 0.258 e. The lowest BCUT2D eigenvalue weighted by molar-refractivity contribution is -0.388. The van der Waals surface area contributed by atoms with E-state index in [1.54, 1.807) is 6.07 Å². The number of hydrogen-bond donors (Lipinski definition) is 0. The van der Waals surface area contributed by atoms with E-state index in [-0.39, 0.29) is 12.1 Å². The minimum Gasteiger partial charge on any atom is -0.258 e. The molecule has 0 aromatic carbocycles. The number of aromatic nitrogens is 1. The Labute approximate surface area is 87.3 Å². The lowest BCUT2D eigenvalue weighted by atomic mass is 10.2. The highest BCUT2D eigenvalue weighted by Crippen LogP contribution is 2.34. The van der Waals surface area contributed by atoms with Crippen molar-refractivity contribution < 1.29 is 18.1 Å². The lowest BCUT2D eigenvalue weighted by Gasteiger charge is -2.06. The van der Waals surface area contributed by atoms with E-state index in [0.717, 1.165) is 6.07 Å². The number of hydrogen-bond acceptors (Lipinski definition) is 4. The summed E-state index contributed by atoms with van der Waals surface area (Å²) in [5.74, 6) is 0. The molecule has 0 aliphatic carbocycles. The van der Waals surface area contributed by atoms with Gasteiger partial charge in [0.2, 0.25) is 5.69 Å². The van der Waals surface area contributed by atoms with Crippen LogP contribution in [0.4, 0.5) is 18.9 Å². The molecule has 5 nitrogen and oxygen atoms in total. The molecule has 0 N–H and O–H groups in total. The van der Waals surface area contributed by atoms with Crippen LogP contribution in [0.15, 0.2) is 12.1 Å². The zero-order valence-electron chi connectivity index (χ0n) is 7.65. The highest BCUT2D eigenvalue weighted by atomic mass is 19.4. The topological polar surface area (TPSA) is 79.8 Å². The molecule has 1 aromatic heterocycles. The zero-order valence-corrected chi connectivity index (χ0v) is 7.65. The predicted octanol–water partition coefficient (Wildman–Crippen LogP) is 2.07.